The largest absolute Gasteiger partial charge is 0.460 e. The molecule has 0 aliphatic carbocycles. The minimum atomic E-state index is -1.56. The molecule has 1 aromatic heterocycles. The normalized spacial score (nSPS) is 24.3. The lowest BCUT2D eigenvalue weighted by molar-refractivity contribution is -0.186. The van der Waals surface area contributed by atoms with Crippen LogP contribution >= 0.6 is 8.69 Å². The van der Waals surface area contributed by atoms with E-state index in [2.05, 4.69) is 4.98 Å². The van der Waals surface area contributed by atoms with Crippen molar-refractivity contribution in [2.75, 3.05) is 19.8 Å². The zero-order chi connectivity index (χ0) is 29.3. The summed E-state index contributed by atoms with van der Waals surface area (Å²) in [6.45, 7) is 6.63. The minimum absolute atomic E-state index is 0.00340. The summed E-state index contributed by atoms with van der Waals surface area (Å²) in [5.41, 5.74) is 4.11. The average Bonchev–Trinajstić information content (AvgIpc) is 3.06. The highest BCUT2D eigenvalue weighted by atomic mass is 31.1. The fourth-order valence-electron chi connectivity index (χ4n) is 4.28. The third-order valence-electron chi connectivity index (χ3n) is 5.87. The van der Waals surface area contributed by atoms with Crippen LogP contribution in [-0.2, 0) is 47.2 Å². The van der Waals surface area contributed by atoms with Crippen molar-refractivity contribution in [1.82, 2.24) is 9.55 Å². The summed E-state index contributed by atoms with van der Waals surface area (Å²) in [5.74, 6) is -2.94. The van der Waals surface area contributed by atoms with E-state index in [4.69, 9.17) is 33.9 Å². The topological polar surface area (TPSA) is 205 Å². The Balaban J connectivity index is 2.18. The van der Waals surface area contributed by atoms with E-state index in [9.17, 15) is 28.5 Å². The van der Waals surface area contributed by atoms with Crippen molar-refractivity contribution in [1.29, 1.82) is 0 Å². The van der Waals surface area contributed by atoms with Gasteiger partial charge in [0.15, 0.2) is 12.3 Å². The van der Waals surface area contributed by atoms with Crippen LogP contribution in [0, 0.1) is 5.92 Å². The second kappa shape index (κ2) is 14.4. The molecule has 6 atom stereocenters. The maximum absolute atomic E-state index is 12.5. The molecule has 3 N–H and O–H groups in total. The summed E-state index contributed by atoms with van der Waals surface area (Å²) in [6, 6.07) is 1.15. The maximum Gasteiger partial charge on any atom is 0.351 e. The van der Waals surface area contributed by atoms with Gasteiger partial charge in [0.2, 0.25) is 6.10 Å². The molecule has 2 rings (SSSR count). The lowest BCUT2D eigenvalue weighted by Gasteiger charge is -2.32. The van der Waals surface area contributed by atoms with E-state index in [0.29, 0.717) is 0 Å². The molecule has 0 spiro atoms. The monoisotopic (exact) mass is 575 g/mol. The quantitative estimate of drug-likeness (QED) is 0.132. The first-order valence-corrected chi connectivity index (χ1v) is 12.8. The third kappa shape index (κ3) is 9.04. The number of carbonyl (C=O) groups excluding carboxylic acids is 3. The van der Waals surface area contributed by atoms with Gasteiger partial charge in [-0.1, -0.05) is 0 Å². The van der Waals surface area contributed by atoms with Crippen LogP contribution in [0.4, 0.5) is 0 Å². The molecule has 1 saturated heterocycles. The van der Waals surface area contributed by atoms with Crippen LogP contribution in [0.3, 0.4) is 0 Å². The van der Waals surface area contributed by atoms with Crippen LogP contribution in [0.25, 0.3) is 0 Å². The number of nitrogens with two attached hydrogens (primary N) is 1. The maximum atomic E-state index is 12.5. The van der Waals surface area contributed by atoms with Crippen LogP contribution in [0.2, 0.25) is 0 Å². The van der Waals surface area contributed by atoms with Crippen molar-refractivity contribution in [3.63, 3.8) is 0 Å². The van der Waals surface area contributed by atoms with Gasteiger partial charge in [-0.2, -0.15) is 0 Å². The molecule has 218 valence electrons. The smallest absolute Gasteiger partial charge is 0.351 e. The summed E-state index contributed by atoms with van der Waals surface area (Å²) < 4.78 is 44.1. The van der Waals surface area contributed by atoms with E-state index >= 15 is 0 Å². The van der Waals surface area contributed by atoms with Gasteiger partial charge in [-0.3, -0.25) is 28.5 Å². The highest BCUT2D eigenvalue weighted by Gasteiger charge is 2.52. The second-order valence-electron chi connectivity index (χ2n) is 9.41. The molecule has 1 aliphatic heterocycles. The number of H-pyrrole nitrogens is 1. The van der Waals surface area contributed by atoms with Gasteiger partial charge < -0.3 is 29.4 Å². The summed E-state index contributed by atoms with van der Waals surface area (Å²) in [7, 11) is -0.581. The number of rotatable bonds is 14. The number of hydrogen-bond donors (Lipinski definition) is 2. The molecule has 1 fully saturated rings. The Kier molecular flexibility index (Phi) is 11.9. The Bertz CT molecular complexity index is 1130. The Morgan fingerprint density at radius 3 is 2.41 bits per heavy atom. The Hall–Kier alpha value is -2.97. The first-order chi connectivity index (χ1) is 18.3. The fourth-order valence-corrected chi connectivity index (χ4v) is 4.49. The van der Waals surface area contributed by atoms with Crippen molar-refractivity contribution >= 4 is 26.6 Å². The van der Waals surface area contributed by atoms with Crippen molar-refractivity contribution in [2.24, 2.45) is 11.7 Å². The lowest BCUT2D eigenvalue weighted by Crippen LogP contribution is -2.51. The summed E-state index contributed by atoms with van der Waals surface area (Å²) >= 11 is 0. The van der Waals surface area contributed by atoms with E-state index in [-0.39, 0.29) is 26.2 Å². The van der Waals surface area contributed by atoms with E-state index in [1.807, 2.05) is 0 Å². The molecule has 0 unspecified atom stereocenters. The Morgan fingerprint density at radius 1 is 1.18 bits per heavy atom. The molecule has 2 heterocycles. The van der Waals surface area contributed by atoms with Gasteiger partial charge in [0.05, 0.1) is 31.0 Å². The molecule has 39 heavy (non-hydrogen) atoms. The Morgan fingerprint density at radius 2 is 1.85 bits per heavy atom. The zero-order valence-electron chi connectivity index (χ0n) is 22.3. The molecule has 0 amide bonds. The zero-order valence-corrected chi connectivity index (χ0v) is 23.2. The summed E-state index contributed by atoms with van der Waals surface area (Å²) in [5, 5.41) is 0. The predicted octanol–water partition coefficient (Wildman–Crippen LogP) is 0.213. The molecular formula is C23H34N3O12P. The number of nitrogens with zero attached hydrogens (tertiary/aromatic N) is 1. The van der Waals surface area contributed by atoms with Crippen molar-refractivity contribution in [3.8, 4) is 0 Å². The van der Waals surface area contributed by atoms with Crippen LogP contribution in [0.15, 0.2) is 21.9 Å². The molecule has 0 aromatic carbocycles. The van der Waals surface area contributed by atoms with Crippen molar-refractivity contribution < 1.29 is 47.2 Å². The van der Waals surface area contributed by atoms with Gasteiger partial charge in [0.1, 0.15) is 0 Å². The number of esters is 3. The van der Waals surface area contributed by atoms with E-state index in [1.165, 1.54) is 6.20 Å². The van der Waals surface area contributed by atoms with Gasteiger partial charge in [0.25, 0.3) is 5.56 Å². The van der Waals surface area contributed by atoms with E-state index in [1.54, 1.807) is 20.8 Å². The molecule has 0 radical (unpaired) electrons. The first kappa shape index (κ1) is 32.2. The number of hydrogen-bond acceptors (Lipinski definition) is 13. The first-order valence-electron chi connectivity index (χ1n) is 12.1. The highest BCUT2D eigenvalue weighted by Crippen LogP contribution is 2.42. The third-order valence-corrected chi connectivity index (χ3v) is 6.12. The van der Waals surface area contributed by atoms with Crippen LogP contribution in [-0.4, -0.2) is 77.2 Å². The summed E-state index contributed by atoms with van der Waals surface area (Å²) in [6.07, 6.45) is -3.61. The molecule has 1 aromatic rings. The number of nitrogens with one attached hydrogen (secondary N) is 1. The van der Waals surface area contributed by atoms with Crippen molar-refractivity contribution in [2.45, 2.75) is 77.2 Å². The molecule has 0 bridgehead atoms. The fraction of sp³-hybridized carbons (Fsp3) is 0.696. The van der Waals surface area contributed by atoms with Gasteiger partial charge in [-0.05, 0) is 27.2 Å². The van der Waals surface area contributed by atoms with Gasteiger partial charge >= 0.3 is 32.3 Å². The van der Waals surface area contributed by atoms with Gasteiger partial charge in [-0.15, -0.1) is 0 Å². The number of aromatic nitrogens is 2. The number of aromatic amines is 1. The molecule has 16 heteroatoms. The van der Waals surface area contributed by atoms with Crippen molar-refractivity contribution in [3.05, 3.63) is 33.1 Å². The number of carbonyl (C=O) groups is 3. The standard InChI is InChI=1S/C23H34N3O12P/c1-12(2)35-20(30)19(37-14(4)28)17(36-13(3)27)10-33-9-7-15-16(11-34-39-32)38-21(23(15,5)24)26-8-6-18(29)25-22(26)31/h6,8,12,15-17,19,21H,7,9-11,24H2,1-5H3,(H,25,29,31)/t15-,16-,17+,19-,21-,23-/m1/s1. The highest BCUT2D eigenvalue weighted by molar-refractivity contribution is 7.17. The van der Waals surface area contributed by atoms with Gasteiger partial charge in [0, 0.05) is 38.6 Å². The van der Waals surface area contributed by atoms with Crippen LogP contribution < -0.4 is 17.0 Å². The SMILES string of the molecule is CC(=O)O[C@@H](COCC[C@@H]1[C@@H](COP=O)O[C@@H](n2ccc(=O)[nH]c2=O)[C@]1(C)N)[C@@H](OC(C)=O)C(=O)OC(C)C. The molecule has 1 aliphatic rings. The predicted molar refractivity (Wildman–Crippen MR) is 133 cm³/mol. The molecule has 15 nitrogen and oxygen atoms in total. The lowest BCUT2D eigenvalue weighted by atomic mass is 9.82. The van der Waals surface area contributed by atoms with E-state index < -0.39 is 79.9 Å². The Labute approximate surface area is 225 Å². The summed E-state index contributed by atoms with van der Waals surface area (Å²) in [4.78, 5) is 61.8. The number of ether oxygens (including phenoxy) is 5. The molecular weight excluding hydrogens is 541 g/mol. The van der Waals surface area contributed by atoms with Gasteiger partial charge in [-0.25, -0.2) is 14.2 Å². The van der Waals surface area contributed by atoms with E-state index in [0.717, 1.165) is 24.5 Å². The van der Waals surface area contributed by atoms with Crippen LogP contribution in [0.5, 0.6) is 0 Å². The average molecular weight is 576 g/mol. The molecule has 0 saturated carbocycles. The van der Waals surface area contributed by atoms with Crippen LogP contribution in [0.1, 0.15) is 47.3 Å². The minimum Gasteiger partial charge on any atom is -0.460 e. The second-order valence-corrected chi connectivity index (χ2v) is 9.82.